The second-order valence-electron chi connectivity index (χ2n) is 6.92. The highest BCUT2D eigenvalue weighted by Crippen LogP contribution is 2.30. The number of benzene rings is 2. The van der Waals surface area contributed by atoms with Crippen molar-refractivity contribution in [3.8, 4) is 16.9 Å². The van der Waals surface area contributed by atoms with E-state index in [1.165, 1.54) is 16.0 Å². The van der Waals surface area contributed by atoms with Crippen LogP contribution >= 0.6 is 0 Å². The molecule has 0 bridgehead atoms. The topological polar surface area (TPSA) is 62.7 Å². The fourth-order valence-corrected chi connectivity index (χ4v) is 3.67. The quantitative estimate of drug-likeness (QED) is 0.731. The number of nitrogens with zero attached hydrogens (tertiary/aromatic N) is 2. The Kier molecular flexibility index (Phi) is 4.67. The summed E-state index contributed by atoms with van der Waals surface area (Å²) >= 11 is 0. The minimum Gasteiger partial charge on any atom is -0.490 e. The van der Waals surface area contributed by atoms with Crippen molar-refractivity contribution in [2.45, 2.75) is 25.9 Å². The van der Waals surface area contributed by atoms with Gasteiger partial charge in [-0.1, -0.05) is 30.3 Å². The molecule has 5 nitrogen and oxygen atoms in total. The molecule has 0 unspecified atom stereocenters. The lowest BCUT2D eigenvalue weighted by Crippen LogP contribution is -2.41. The van der Waals surface area contributed by atoms with E-state index < -0.39 is 6.09 Å². The van der Waals surface area contributed by atoms with Gasteiger partial charge in [0.05, 0.1) is 5.52 Å². The lowest BCUT2D eigenvalue weighted by Gasteiger charge is -2.30. The van der Waals surface area contributed by atoms with Crippen molar-refractivity contribution in [2.24, 2.45) is 0 Å². The van der Waals surface area contributed by atoms with E-state index in [0.717, 1.165) is 35.1 Å². The maximum absolute atomic E-state index is 11.0. The van der Waals surface area contributed by atoms with Gasteiger partial charge < -0.3 is 14.7 Å². The predicted molar refractivity (Wildman–Crippen MR) is 105 cm³/mol. The summed E-state index contributed by atoms with van der Waals surface area (Å²) in [5.41, 5.74) is 4.50. The van der Waals surface area contributed by atoms with E-state index in [1.807, 2.05) is 24.4 Å². The lowest BCUT2D eigenvalue weighted by atomic mass is 9.98. The van der Waals surface area contributed by atoms with Crippen molar-refractivity contribution in [1.29, 1.82) is 0 Å². The number of carbonyl (C=O) groups is 1. The maximum atomic E-state index is 11.0. The van der Waals surface area contributed by atoms with Crippen molar-refractivity contribution < 1.29 is 14.6 Å². The standard InChI is InChI=1S/C22H22N2O3/c1-15-20(9-6-17-3-2-12-23-21(15)17)16-4-7-18(8-5-16)27-19-10-13-24(14-11-19)22(25)26/h2-9,12,19H,10-11,13-14H2,1H3,(H,25,26). The number of carboxylic acid groups (broad SMARTS) is 1. The Hall–Kier alpha value is -3.08. The highest BCUT2D eigenvalue weighted by atomic mass is 16.5. The molecule has 1 aliphatic heterocycles. The Morgan fingerprint density at radius 2 is 1.85 bits per heavy atom. The van der Waals surface area contributed by atoms with Gasteiger partial charge in [-0.15, -0.1) is 0 Å². The SMILES string of the molecule is Cc1c(-c2ccc(OC3CCN(C(=O)O)CC3)cc2)ccc2cccnc12. The number of fused-ring (bicyclic) bond motifs is 1. The Bertz CT molecular complexity index is 961. The summed E-state index contributed by atoms with van der Waals surface area (Å²) in [4.78, 5) is 16.9. The molecular formula is C22H22N2O3. The van der Waals surface area contributed by atoms with E-state index in [1.54, 1.807) is 0 Å². The normalized spacial score (nSPS) is 15.1. The summed E-state index contributed by atoms with van der Waals surface area (Å²) in [6.07, 6.45) is 2.50. The summed E-state index contributed by atoms with van der Waals surface area (Å²) in [6, 6.07) is 16.4. The van der Waals surface area contributed by atoms with Gasteiger partial charge in [0.25, 0.3) is 0 Å². The molecular weight excluding hydrogens is 340 g/mol. The van der Waals surface area contributed by atoms with Crippen molar-refractivity contribution in [3.05, 3.63) is 60.3 Å². The van der Waals surface area contributed by atoms with Crippen LogP contribution in [0.25, 0.3) is 22.0 Å². The Morgan fingerprint density at radius 1 is 1.11 bits per heavy atom. The largest absolute Gasteiger partial charge is 0.490 e. The molecule has 27 heavy (non-hydrogen) atoms. The van der Waals surface area contributed by atoms with E-state index >= 15 is 0 Å². The van der Waals surface area contributed by atoms with Gasteiger partial charge in [-0.2, -0.15) is 0 Å². The minimum atomic E-state index is -0.849. The molecule has 1 aliphatic rings. The first-order valence-electron chi connectivity index (χ1n) is 9.21. The molecule has 2 aromatic carbocycles. The van der Waals surface area contributed by atoms with Gasteiger partial charge in [-0.3, -0.25) is 4.98 Å². The fourth-order valence-electron chi connectivity index (χ4n) is 3.67. The molecule has 1 fully saturated rings. The molecule has 5 heteroatoms. The molecule has 0 saturated carbocycles. The monoisotopic (exact) mass is 362 g/mol. The molecule has 0 atom stereocenters. The van der Waals surface area contributed by atoms with Crippen molar-refractivity contribution in [2.75, 3.05) is 13.1 Å². The number of aromatic nitrogens is 1. The second-order valence-corrected chi connectivity index (χ2v) is 6.92. The van der Waals surface area contributed by atoms with Crippen LogP contribution in [0.5, 0.6) is 5.75 Å². The van der Waals surface area contributed by atoms with Crippen LogP contribution in [0.1, 0.15) is 18.4 Å². The number of aryl methyl sites for hydroxylation is 1. The third-order valence-corrected chi connectivity index (χ3v) is 5.21. The average molecular weight is 362 g/mol. The number of likely N-dealkylation sites (tertiary alicyclic amines) is 1. The zero-order chi connectivity index (χ0) is 18.8. The summed E-state index contributed by atoms with van der Waals surface area (Å²) < 4.78 is 6.04. The van der Waals surface area contributed by atoms with Crippen LogP contribution in [0.3, 0.4) is 0 Å². The number of rotatable bonds is 3. The molecule has 0 aliphatic carbocycles. The molecule has 3 aromatic rings. The van der Waals surface area contributed by atoms with Crippen LogP contribution in [0.15, 0.2) is 54.7 Å². The maximum Gasteiger partial charge on any atom is 0.407 e. The van der Waals surface area contributed by atoms with Crippen LogP contribution in [0.2, 0.25) is 0 Å². The van der Waals surface area contributed by atoms with Crippen molar-refractivity contribution >= 4 is 17.0 Å². The van der Waals surface area contributed by atoms with Crippen molar-refractivity contribution in [3.63, 3.8) is 0 Å². The number of hydrogen-bond acceptors (Lipinski definition) is 3. The van der Waals surface area contributed by atoms with Gasteiger partial charge in [0.1, 0.15) is 11.9 Å². The highest BCUT2D eigenvalue weighted by molar-refractivity contribution is 5.88. The van der Waals surface area contributed by atoms with Crippen LogP contribution in [0.4, 0.5) is 4.79 Å². The Labute approximate surface area is 158 Å². The van der Waals surface area contributed by atoms with Crippen LogP contribution in [0, 0.1) is 6.92 Å². The number of piperidine rings is 1. The first kappa shape index (κ1) is 17.3. The van der Waals surface area contributed by atoms with Crippen molar-refractivity contribution in [1.82, 2.24) is 9.88 Å². The van der Waals surface area contributed by atoms with E-state index in [9.17, 15) is 4.79 Å². The Balaban J connectivity index is 1.48. The first-order valence-corrected chi connectivity index (χ1v) is 9.21. The molecule has 1 amide bonds. The average Bonchev–Trinajstić information content (AvgIpc) is 2.70. The lowest BCUT2D eigenvalue weighted by molar-refractivity contribution is 0.0895. The zero-order valence-electron chi connectivity index (χ0n) is 15.3. The van der Waals surface area contributed by atoms with Gasteiger partial charge in [-0.05, 0) is 41.8 Å². The van der Waals surface area contributed by atoms with Crippen LogP contribution in [-0.2, 0) is 0 Å². The molecule has 1 N–H and O–H groups in total. The van der Waals surface area contributed by atoms with Crippen LogP contribution < -0.4 is 4.74 Å². The van der Waals surface area contributed by atoms with E-state index in [-0.39, 0.29) is 6.10 Å². The van der Waals surface area contributed by atoms with Crippen LogP contribution in [-0.4, -0.2) is 40.3 Å². The summed E-state index contributed by atoms with van der Waals surface area (Å²) in [7, 11) is 0. The second kappa shape index (κ2) is 7.27. The molecule has 1 aromatic heterocycles. The van der Waals surface area contributed by atoms with E-state index in [2.05, 4.69) is 42.2 Å². The summed E-state index contributed by atoms with van der Waals surface area (Å²) in [5, 5.41) is 10.2. The predicted octanol–water partition coefficient (Wildman–Crippen LogP) is 4.73. The fraction of sp³-hybridized carbons (Fsp3) is 0.273. The minimum absolute atomic E-state index is 0.0676. The third kappa shape index (κ3) is 3.58. The third-order valence-electron chi connectivity index (χ3n) is 5.21. The van der Waals surface area contributed by atoms with Gasteiger partial charge in [0.15, 0.2) is 0 Å². The molecule has 138 valence electrons. The van der Waals surface area contributed by atoms with Gasteiger partial charge in [0.2, 0.25) is 0 Å². The highest BCUT2D eigenvalue weighted by Gasteiger charge is 2.23. The number of ether oxygens (including phenoxy) is 1. The first-order chi connectivity index (χ1) is 13.1. The Morgan fingerprint density at radius 3 is 2.56 bits per heavy atom. The van der Waals surface area contributed by atoms with E-state index in [4.69, 9.17) is 9.84 Å². The zero-order valence-corrected chi connectivity index (χ0v) is 15.3. The van der Waals surface area contributed by atoms with E-state index in [0.29, 0.717) is 13.1 Å². The molecule has 0 spiro atoms. The summed E-state index contributed by atoms with van der Waals surface area (Å²) in [6.45, 7) is 3.16. The molecule has 1 saturated heterocycles. The molecule has 0 radical (unpaired) electrons. The number of hydrogen-bond donors (Lipinski definition) is 1. The van der Waals surface area contributed by atoms with Gasteiger partial charge in [0, 0.05) is 37.5 Å². The number of pyridine rings is 1. The number of amides is 1. The van der Waals surface area contributed by atoms with Gasteiger partial charge in [-0.25, -0.2) is 4.79 Å². The molecule has 2 heterocycles. The summed E-state index contributed by atoms with van der Waals surface area (Å²) in [5.74, 6) is 0.823. The molecule has 4 rings (SSSR count). The smallest absolute Gasteiger partial charge is 0.407 e. The van der Waals surface area contributed by atoms with Gasteiger partial charge >= 0.3 is 6.09 Å².